The molecular formula is C15H16FNOS. The van der Waals surface area contributed by atoms with E-state index < -0.39 is 0 Å². The zero-order valence-corrected chi connectivity index (χ0v) is 11.8. The number of nitrogens with two attached hydrogens (primary N) is 1. The largest absolute Gasteiger partial charge is 0.494 e. The normalized spacial score (nSPS) is 10.5. The second-order valence-corrected chi connectivity index (χ2v) is 5.30. The quantitative estimate of drug-likeness (QED) is 0.677. The lowest BCUT2D eigenvalue weighted by molar-refractivity contribution is 0.386. The van der Waals surface area contributed by atoms with E-state index in [2.05, 4.69) is 0 Å². The van der Waals surface area contributed by atoms with Crippen LogP contribution in [-0.4, -0.2) is 7.11 Å². The van der Waals surface area contributed by atoms with Crippen LogP contribution < -0.4 is 10.5 Å². The smallest absolute Gasteiger partial charge is 0.165 e. The van der Waals surface area contributed by atoms with Gasteiger partial charge in [0, 0.05) is 16.3 Å². The van der Waals surface area contributed by atoms with Crippen LogP contribution in [0.3, 0.4) is 0 Å². The first kappa shape index (κ1) is 13.7. The minimum Gasteiger partial charge on any atom is -0.494 e. The number of rotatable bonds is 4. The van der Waals surface area contributed by atoms with E-state index in [1.165, 1.54) is 18.7 Å². The number of aryl methyl sites for hydroxylation is 1. The summed E-state index contributed by atoms with van der Waals surface area (Å²) in [6.45, 7) is 2.04. The fourth-order valence-corrected chi connectivity index (χ4v) is 2.75. The highest BCUT2D eigenvalue weighted by molar-refractivity contribution is 7.98. The van der Waals surface area contributed by atoms with Crippen LogP contribution in [0.2, 0.25) is 0 Å². The standard InChI is InChI=1S/C15H16FNOS/c1-10-3-5-12(17)8-15(10)19-9-11-4-6-14(18-2)13(16)7-11/h3-8H,9,17H2,1-2H3. The molecule has 0 heterocycles. The number of benzene rings is 2. The third-order valence-corrected chi connectivity index (χ3v) is 4.05. The van der Waals surface area contributed by atoms with Crippen LogP contribution in [0.25, 0.3) is 0 Å². The molecule has 0 aliphatic heterocycles. The van der Waals surface area contributed by atoms with Crippen molar-refractivity contribution in [2.45, 2.75) is 17.6 Å². The summed E-state index contributed by atoms with van der Waals surface area (Å²) >= 11 is 1.65. The van der Waals surface area contributed by atoms with Gasteiger partial charge < -0.3 is 10.5 Å². The molecule has 2 rings (SSSR count). The van der Waals surface area contributed by atoms with E-state index in [9.17, 15) is 4.39 Å². The zero-order valence-electron chi connectivity index (χ0n) is 10.9. The number of ether oxygens (including phenoxy) is 1. The van der Waals surface area contributed by atoms with Crippen LogP contribution >= 0.6 is 11.8 Å². The van der Waals surface area contributed by atoms with Crippen LogP contribution in [0.1, 0.15) is 11.1 Å². The number of nitrogen functional groups attached to an aromatic ring is 1. The van der Waals surface area contributed by atoms with Crippen molar-refractivity contribution in [3.8, 4) is 5.75 Å². The summed E-state index contributed by atoms with van der Waals surface area (Å²) in [5.74, 6) is 0.643. The Labute approximate surface area is 116 Å². The molecule has 2 aromatic rings. The number of methoxy groups -OCH3 is 1. The Balaban J connectivity index is 2.10. The van der Waals surface area contributed by atoms with Crippen molar-refractivity contribution >= 4 is 17.4 Å². The minimum atomic E-state index is -0.329. The van der Waals surface area contributed by atoms with Crippen molar-refractivity contribution in [3.63, 3.8) is 0 Å². The second-order valence-electron chi connectivity index (χ2n) is 4.28. The maximum Gasteiger partial charge on any atom is 0.165 e. The lowest BCUT2D eigenvalue weighted by Crippen LogP contribution is -1.91. The van der Waals surface area contributed by atoms with Crippen LogP contribution in [0.15, 0.2) is 41.3 Å². The number of anilines is 1. The molecule has 0 aromatic heterocycles. The van der Waals surface area contributed by atoms with E-state index in [1.54, 1.807) is 17.8 Å². The fraction of sp³-hybridized carbons (Fsp3) is 0.200. The van der Waals surface area contributed by atoms with Crippen molar-refractivity contribution in [3.05, 3.63) is 53.3 Å². The molecular weight excluding hydrogens is 261 g/mol. The lowest BCUT2D eigenvalue weighted by atomic mass is 10.2. The molecule has 2 N–H and O–H groups in total. The van der Waals surface area contributed by atoms with Crippen LogP contribution in [0.5, 0.6) is 5.75 Å². The van der Waals surface area contributed by atoms with Crippen molar-refractivity contribution in [1.29, 1.82) is 0 Å². The van der Waals surface area contributed by atoms with E-state index in [0.29, 0.717) is 5.75 Å². The van der Waals surface area contributed by atoms with Gasteiger partial charge in [-0.15, -0.1) is 11.8 Å². The van der Waals surface area contributed by atoms with Gasteiger partial charge in [0.1, 0.15) is 0 Å². The number of halogens is 1. The van der Waals surface area contributed by atoms with E-state index >= 15 is 0 Å². The molecule has 0 aliphatic rings. The van der Waals surface area contributed by atoms with E-state index in [4.69, 9.17) is 10.5 Å². The molecule has 0 aliphatic carbocycles. The Bertz CT molecular complexity index is 586. The summed E-state index contributed by atoms with van der Waals surface area (Å²) in [4.78, 5) is 1.12. The fourth-order valence-electron chi connectivity index (χ4n) is 1.73. The molecule has 0 amide bonds. The van der Waals surface area contributed by atoms with Gasteiger partial charge in [-0.05, 0) is 42.3 Å². The Kier molecular flexibility index (Phi) is 4.32. The highest BCUT2D eigenvalue weighted by atomic mass is 32.2. The van der Waals surface area contributed by atoms with Gasteiger partial charge in [-0.1, -0.05) is 12.1 Å². The summed E-state index contributed by atoms with van der Waals surface area (Å²) in [5.41, 5.74) is 8.61. The van der Waals surface area contributed by atoms with E-state index in [0.717, 1.165) is 16.1 Å². The van der Waals surface area contributed by atoms with Gasteiger partial charge in [0.15, 0.2) is 11.6 Å². The molecule has 2 nitrogen and oxygen atoms in total. The molecule has 0 saturated heterocycles. The molecule has 0 unspecified atom stereocenters. The van der Waals surface area contributed by atoms with Gasteiger partial charge in [0.2, 0.25) is 0 Å². The molecule has 0 radical (unpaired) electrons. The van der Waals surface area contributed by atoms with Crippen LogP contribution in [0.4, 0.5) is 10.1 Å². The first-order valence-electron chi connectivity index (χ1n) is 5.91. The van der Waals surface area contributed by atoms with Gasteiger partial charge in [-0.2, -0.15) is 0 Å². The lowest BCUT2D eigenvalue weighted by Gasteiger charge is -2.08. The summed E-state index contributed by atoms with van der Waals surface area (Å²) in [7, 11) is 1.46. The molecule has 0 spiro atoms. The summed E-state index contributed by atoms with van der Waals surface area (Å²) in [5, 5.41) is 0. The number of hydrogen-bond donors (Lipinski definition) is 1. The molecule has 19 heavy (non-hydrogen) atoms. The molecule has 0 bridgehead atoms. The minimum absolute atomic E-state index is 0.272. The summed E-state index contributed by atoms with van der Waals surface area (Å²) in [6, 6.07) is 10.8. The monoisotopic (exact) mass is 277 g/mol. The summed E-state index contributed by atoms with van der Waals surface area (Å²) < 4.78 is 18.5. The molecule has 2 aromatic carbocycles. The Morgan fingerprint density at radius 1 is 1.21 bits per heavy atom. The Morgan fingerprint density at radius 2 is 2.00 bits per heavy atom. The molecule has 100 valence electrons. The van der Waals surface area contributed by atoms with E-state index in [-0.39, 0.29) is 11.6 Å². The SMILES string of the molecule is COc1ccc(CSc2cc(N)ccc2C)cc1F. The van der Waals surface area contributed by atoms with Crippen molar-refractivity contribution in [2.75, 3.05) is 12.8 Å². The first-order chi connectivity index (χ1) is 9.10. The van der Waals surface area contributed by atoms with Crippen molar-refractivity contribution in [2.24, 2.45) is 0 Å². The van der Waals surface area contributed by atoms with Crippen LogP contribution in [0, 0.1) is 12.7 Å². The van der Waals surface area contributed by atoms with Crippen molar-refractivity contribution in [1.82, 2.24) is 0 Å². The maximum atomic E-state index is 13.6. The third kappa shape index (κ3) is 3.41. The highest BCUT2D eigenvalue weighted by Crippen LogP contribution is 2.29. The number of thioether (sulfide) groups is 1. The van der Waals surface area contributed by atoms with Gasteiger partial charge in [-0.25, -0.2) is 4.39 Å². The van der Waals surface area contributed by atoms with E-state index in [1.807, 2.05) is 31.2 Å². The zero-order chi connectivity index (χ0) is 13.8. The number of hydrogen-bond acceptors (Lipinski definition) is 3. The van der Waals surface area contributed by atoms with Crippen LogP contribution in [-0.2, 0) is 5.75 Å². The van der Waals surface area contributed by atoms with Crippen molar-refractivity contribution < 1.29 is 9.13 Å². The maximum absolute atomic E-state index is 13.6. The summed E-state index contributed by atoms with van der Waals surface area (Å²) in [6.07, 6.45) is 0. The third-order valence-electron chi connectivity index (χ3n) is 2.82. The highest BCUT2D eigenvalue weighted by Gasteiger charge is 2.05. The second kappa shape index (κ2) is 5.97. The first-order valence-corrected chi connectivity index (χ1v) is 6.90. The molecule has 0 fully saturated rings. The van der Waals surface area contributed by atoms with Gasteiger partial charge in [-0.3, -0.25) is 0 Å². The molecule has 0 saturated carbocycles. The van der Waals surface area contributed by atoms with Gasteiger partial charge in [0.05, 0.1) is 7.11 Å². The molecule has 4 heteroatoms. The topological polar surface area (TPSA) is 35.2 Å². The Hall–Kier alpha value is -1.68. The predicted molar refractivity (Wildman–Crippen MR) is 78.1 cm³/mol. The predicted octanol–water partition coefficient (Wildman–Crippen LogP) is 4.02. The average molecular weight is 277 g/mol. The van der Waals surface area contributed by atoms with Gasteiger partial charge in [0.25, 0.3) is 0 Å². The molecule has 0 atom stereocenters. The Morgan fingerprint density at radius 3 is 2.68 bits per heavy atom. The van der Waals surface area contributed by atoms with Gasteiger partial charge >= 0.3 is 0 Å². The average Bonchev–Trinajstić information content (AvgIpc) is 2.40.